The molecule has 0 aliphatic heterocycles. The predicted molar refractivity (Wildman–Crippen MR) is 76.5 cm³/mol. The molecule has 0 unspecified atom stereocenters. The number of nitrogens with zero attached hydrogens (tertiary/aromatic N) is 3. The van der Waals surface area contributed by atoms with Gasteiger partial charge in [-0.15, -0.1) is 5.10 Å². The van der Waals surface area contributed by atoms with Gasteiger partial charge < -0.3 is 0 Å². The second kappa shape index (κ2) is 5.29. The third-order valence-corrected chi connectivity index (χ3v) is 3.28. The van der Waals surface area contributed by atoms with Crippen molar-refractivity contribution in [3.8, 4) is 16.9 Å². The fourth-order valence-corrected chi connectivity index (χ4v) is 2.07. The number of hydrogen-bond acceptors (Lipinski definition) is 2. The molecular formula is C16H12F3N3. The highest BCUT2D eigenvalue weighted by atomic mass is 19.4. The summed E-state index contributed by atoms with van der Waals surface area (Å²) >= 11 is 0. The van der Waals surface area contributed by atoms with Gasteiger partial charge in [0.1, 0.15) is 5.69 Å². The summed E-state index contributed by atoms with van der Waals surface area (Å²) < 4.78 is 39.6. The first kappa shape index (κ1) is 14.3. The molecule has 0 fully saturated rings. The van der Waals surface area contributed by atoms with Crippen LogP contribution in [0.5, 0.6) is 0 Å². The van der Waals surface area contributed by atoms with Crippen LogP contribution in [0, 0.1) is 6.92 Å². The lowest BCUT2D eigenvalue weighted by Crippen LogP contribution is -2.06. The topological polar surface area (TPSA) is 30.7 Å². The lowest BCUT2D eigenvalue weighted by atomic mass is 10.1. The van der Waals surface area contributed by atoms with Crippen molar-refractivity contribution in [3.05, 3.63) is 65.9 Å². The van der Waals surface area contributed by atoms with Crippen LogP contribution in [0.4, 0.5) is 13.2 Å². The van der Waals surface area contributed by atoms with Gasteiger partial charge in [-0.1, -0.05) is 41.1 Å². The molecule has 0 aliphatic rings. The minimum absolute atomic E-state index is 0.320. The Morgan fingerprint density at radius 1 is 1.00 bits per heavy atom. The Morgan fingerprint density at radius 3 is 2.41 bits per heavy atom. The maximum Gasteiger partial charge on any atom is 0.416 e. The molecule has 0 aliphatic carbocycles. The average molecular weight is 303 g/mol. The van der Waals surface area contributed by atoms with Gasteiger partial charge in [0.25, 0.3) is 0 Å². The molecule has 1 heterocycles. The quantitative estimate of drug-likeness (QED) is 0.708. The van der Waals surface area contributed by atoms with Crippen molar-refractivity contribution in [2.75, 3.05) is 0 Å². The van der Waals surface area contributed by atoms with Crippen molar-refractivity contribution in [1.82, 2.24) is 15.0 Å². The molecule has 112 valence electrons. The van der Waals surface area contributed by atoms with E-state index in [4.69, 9.17) is 0 Å². The molecule has 0 bridgehead atoms. The second-order valence-electron chi connectivity index (χ2n) is 4.96. The largest absolute Gasteiger partial charge is 0.416 e. The average Bonchev–Trinajstić information content (AvgIpc) is 2.97. The molecule has 0 atom stereocenters. The van der Waals surface area contributed by atoms with E-state index in [1.807, 2.05) is 31.2 Å². The maximum absolute atomic E-state index is 12.7. The first-order valence-electron chi connectivity index (χ1n) is 6.60. The summed E-state index contributed by atoms with van der Waals surface area (Å²) in [6.45, 7) is 1.98. The molecule has 6 heteroatoms. The first-order chi connectivity index (χ1) is 10.4. The van der Waals surface area contributed by atoms with Gasteiger partial charge in [-0.3, -0.25) is 0 Å². The van der Waals surface area contributed by atoms with E-state index in [1.165, 1.54) is 10.7 Å². The van der Waals surface area contributed by atoms with Crippen molar-refractivity contribution in [2.45, 2.75) is 13.1 Å². The van der Waals surface area contributed by atoms with E-state index >= 15 is 0 Å². The van der Waals surface area contributed by atoms with E-state index < -0.39 is 11.7 Å². The SMILES string of the molecule is Cc1ccc(-c2cn(-c3cccc(C(F)(F)F)c3)nn2)cc1. The van der Waals surface area contributed by atoms with E-state index in [2.05, 4.69) is 10.3 Å². The monoisotopic (exact) mass is 303 g/mol. The molecule has 0 saturated heterocycles. The minimum Gasteiger partial charge on any atom is -0.220 e. The van der Waals surface area contributed by atoms with Gasteiger partial charge in [-0.25, -0.2) is 4.68 Å². The van der Waals surface area contributed by atoms with E-state index in [0.717, 1.165) is 23.3 Å². The van der Waals surface area contributed by atoms with E-state index in [-0.39, 0.29) is 0 Å². The summed E-state index contributed by atoms with van der Waals surface area (Å²) in [5.41, 5.74) is 2.20. The highest BCUT2D eigenvalue weighted by Gasteiger charge is 2.30. The Labute approximate surface area is 125 Å². The molecule has 0 radical (unpaired) electrons. The van der Waals surface area contributed by atoms with Crippen LogP contribution in [0.25, 0.3) is 16.9 Å². The van der Waals surface area contributed by atoms with Gasteiger partial charge in [0.2, 0.25) is 0 Å². The van der Waals surface area contributed by atoms with E-state index in [1.54, 1.807) is 12.3 Å². The standard InChI is InChI=1S/C16H12F3N3/c1-11-5-7-12(8-6-11)15-10-22(21-20-15)14-4-2-3-13(9-14)16(17,18)19/h2-10H,1H3. The Kier molecular flexibility index (Phi) is 3.44. The van der Waals surface area contributed by atoms with Crippen LogP contribution in [0.15, 0.2) is 54.7 Å². The number of hydrogen-bond donors (Lipinski definition) is 0. The van der Waals surface area contributed by atoms with Gasteiger partial charge >= 0.3 is 6.18 Å². The van der Waals surface area contributed by atoms with Crippen molar-refractivity contribution in [2.24, 2.45) is 0 Å². The molecule has 0 N–H and O–H groups in total. The second-order valence-corrected chi connectivity index (χ2v) is 4.96. The molecule has 0 saturated carbocycles. The molecule has 3 aromatic rings. The van der Waals surface area contributed by atoms with E-state index in [0.29, 0.717) is 11.4 Å². The number of alkyl halides is 3. The van der Waals surface area contributed by atoms with Gasteiger partial charge in [-0.2, -0.15) is 13.2 Å². The summed E-state index contributed by atoms with van der Waals surface area (Å²) in [5, 5.41) is 7.92. The van der Waals surface area contributed by atoms with Crippen molar-refractivity contribution >= 4 is 0 Å². The third-order valence-electron chi connectivity index (χ3n) is 3.28. The summed E-state index contributed by atoms with van der Waals surface area (Å²) in [7, 11) is 0. The molecule has 1 aromatic heterocycles. The highest BCUT2D eigenvalue weighted by Crippen LogP contribution is 2.30. The van der Waals surface area contributed by atoms with Crippen molar-refractivity contribution in [1.29, 1.82) is 0 Å². The van der Waals surface area contributed by atoms with E-state index in [9.17, 15) is 13.2 Å². The van der Waals surface area contributed by atoms with Crippen LogP contribution in [0.2, 0.25) is 0 Å². The molecule has 3 rings (SSSR count). The maximum atomic E-state index is 12.7. The predicted octanol–water partition coefficient (Wildman–Crippen LogP) is 4.26. The van der Waals surface area contributed by atoms with Crippen molar-refractivity contribution in [3.63, 3.8) is 0 Å². The van der Waals surface area contributed by atoms with Gasteiger partial charge in [0, 0.05) is 5.56 Å². The number of aromatic nitrogens is 3. The number of rotatable bonds is 2. The Balaban J connectivity index is 1.96. The Bertz CT molecular complexity index is 789. The lowest BCUT2D eigenvalue weighted by Gasteiger charge is -2.08. The Hall–Kier alpha value is -2.63. The van der Waals surface area contributed by atoms with Crippen LogP contribution < -0.4 is 0 Å². The van der Waals surface area contributed by atoms with Crippen molar-refractivity contribution < 1.29 is 13.2 Å². The summed E-state index contributed by atoms with van der Waals surface area (Å²) in [6.07, 6.45) is -2.77. The molecule has 22 heavy (non-hydrogen) atoms. The lowest BCUT2D eigenvalue weighted by molar-refractivity contribution is -0.137. The summed E-state index contributed by atoms with van der Waals surface area (Å²) in [6, 6.07) is 12.7. The fraction of sp³-hybridized carbons (Fsp3) is 0.125. The first-order valence-corrected chi connectivity index (χ1v) is 6.60. The van der Waals surface area contributed by atoms with Gasteiger partial charge in [-0.05, 0) is 25.1 Å². The molecule has 3 nitrogen and oxygen atoms in total. The summed E-state index contributed by atoms with van der Waals surface area (Å²) in [4.78, 5) is 0. The van der Waals surface area contributed by atoms with Crippen LogP contribution >= 0.6 is 0 Å². The smallest absolute Gasteiger partial charge is 0.220 e. The van der Waals surface area contributed by atoms with Crippen LogP contribution in [0.1, 0.15) is 11.1 Å². The number of halogens is 3. The normalized spacial score (nSPS) is 11.6. The van der Waals surface area contributed by atoms with Crippen LogP contribution in [0.3, 0.4) is 0 Å². The Morgan fingerprint density at radius 2 is 1.73 bits per heavy atom. The molecule has 0 spiro atoms. The number of benzene rings is 2. The zero-order valence-corrected chi connectivity index (χ0v) is 11.7. The van der Waals surface area contributed by atoms with Gasteiger partial charge in [0.05, 0.1) is 17.4 Å². The zero-order valence-electron chi connectivity index (χ0n) is 11.7. The molecular weight excluding hydrogens is 291 g/mol. The summed E-state index contributed by atoms with van der Waals surface area (Å²) in [5.74, 6) is 0. The minimum atomic E-state index is -4.38. The third kappa shape index (κ3) is 2.86. The number of aryl methyl sites for hydroxylation is 1. The van der Waals surface area contributed by atoms with Crippen LogP contribution in [-0.4, -0.2) is 15.0 Å². The molecule has 2 aromatic carbocycles. The highest BCUT2D eigenvalue weighted by molar-refractivity contribution is 5.58. The van der Waals surface area contributed by atoms with Crippen LogP contribution in [-0.2, 0) is 6.18 Å². The van der Waals surface area contributed by atoms with Gasteiger partial charge in [0.15, 0.2) is 0 Å². The zero-order chi connectivity index (χ0) is 15.7. The molecule has 0 amide bonds. The fourth-order valence-electron chi connectivity index (χ4n) is 2.07.